The van der Waals surface area contributed by atoms with E-state index in [1.807, 2.05) is 20.8 Å². The van der Waals surface area contributed by atoms with Gasteiger partial charge in [-0.2, -0.15) is 0 Å². The Hall–Kier alpha value is -1.89. The molecule has 6 nitrogen and oxygen atoms in total. The lowest BCUT2D eigenvalue weighted by Gasteiger charge is -2.13. The molecule has 0 aliphatic rings. The number of benzene rings is 1. The number of nitro benzene ring substituents is 1. The third-order valence-electron chi connectivity index (χ3n) is 2.39. The van der Waals surface area contributed by atoms with E-state index in [0.29, 0.717) is 12.3 Å². The summed E-state index contributed by atoms with van der Waals surface area (Å²) in [6, 6.07) is 6.07. The summed E-state index contributed by atoms with van der Waals surface area (Å²) in [5, 5.41) is 13.3. The first kappa shape index (κ1) is 17.2. The number of non-ortho nitro benzene ring substituents is 1. The minimum Gasteiger partial charge on any atom is -0.347 e. The molecule has 0 unspecified atom stereocenters. The van der Waals surface area contributed by atoms with E-state index in [9.17, 15) is 14.9 Å². The maximum absolute atomic E-state index is 11.8. The summed E-state index contributed by atoms with van der Waals surface area (Å²) in [6.45, 7) is 8.02. The number of amides is 1. The average Bonchev–Trinajstić information content (AvgIpc) is 2.41. The van der Waals surface area contributed by atoms with Gasteiger partial charge < -0.3 is 5.32 Å². The normalized spacial score (nSPS) is 12.1. The highest BCUT2D eigenvalue weighted by Gasteiger charge is 2.12. The number of nitrogens with one attached hydrogen (secondary N) is 1. The van der Waals surface area contributed by atoms with Crippen molar-refractivity contribution in [3.63, 3.8) is 0 Å². The average molecular weight is 309 g/mol. The van der Waals surface area contributed by atoms with E-state index in [-0.39, 0.29) is 16.3 Å². The van der Waals surface area contributed by atoms with Gasteiger partial charge in [0.05, 0.1) is 4.92 Å². The number of hydrogen-bond acceptors (Lipinski definition) is 5. The Bertz CT molecular complexity index is 548. The molecule has 1 aromatic carbocycles. The fraction of sp³-hybridized carbons (Fsp3) is 0.429. The third kappa shape index (κ3) is 6.40. The van der Waals surface area contributed by atoms with Crippen LogP contribution in [0.3, 0.4) is 0 Å². The van der Waals surface area contributed by atoms with Gasteiger partial charge >= 0.3 is 0 Å². The molecule has 114 valence electrons. The maximum atomic E-state index is 11.8. The summed E-state index contributed by atoms with van der Waals surface area (Å²) in [4.78, 5) is 21.9. The van der Waals surface area contributed by atoms with Crippen LogP contribution in [-0.2, 0) is 11.3 Å². The largest absolute Gasteiger partial charge is 0.347 e. The standard InChI is InChI=1S/C14H19N3O3S/c1-10(16-21-14(2,3)4)13(18)15-9-11-5-7-12(8-6-11)17(19)20/h5-8H,9H2,1-4H3,(H,15,18)/b16-10+. The lowest BCUT2D eigenvalue weighted by atomic mass is 10.2. The van der Waals surface area contributed by atoms with E-state index in [2.05, 4.69) is 9.71 Å². The lowest BCUT2D eigenvalue weighted by molar-refractivity contribution is -0.384. The van der Waals surface area contributed by atoms with Gasteiger partial charge in [-0.1, -0.05) is 12.1 Å². The molecule has 0 fully saturated rings. The van der Waals surface area contributed by atoms with Crippen LogP contribution < -0.4 is 5.32 Å². The van der Waals surface area contributed by atoms with Gasteiger partial charge in [-0.15, -0.1) is 0 Å². The molecule has 1 aromatic rings. The Kier molecular flexibility index (Phi) is 5.90. The van der Waals surface area contributed by atoms with Crippen molar-refractivity contribution in [1.82, 2.24) is 5.32 Å². The van der Waals surface area contributed by atoms with E-state index >= 15 is 0 Å². The Morgan fingerprint density at radius 1 is 1.33 bits per heavy atom. The van der Waals surface area contributed by atoms with E-state index < -0.39 is 4.92 Å². The molecule has 0 heterocycles. The van der Waals surface area contributed by atoms with E-state index in [0.717, 1.165) is 5.56 Å². The van der Waals surface area contributed by atoms with Gasteiger partial charge in [0, 0.05) is 23.4 Å². The van der Waals surface area contributed by atoms with Crippen molar-refractivity contribution in [3.8, 4) is 0 Å². The predicted octanol–water partition coefficient (Wildman–Crippen LogP) is 3.12. The number of carbonyl (C=O) groups is 1. The van der Waals surface area contributed by atoms with Gasteiger partial charge in [0.2, 0.25) is 0 Å². The topological polar surface area (TPSA) is 84.6 Å². The molecule has 0 saturated heterocycles. The van der Waals surface area contributed by atoms with Crippen LogP contribution >= 0.6 is 11.9 Å². The van der Waals surface area contributed by atoms with Crippen molar-refractivity contribution in [2.45, 2.75) is 39.0 Å². The molecule has 0 aromatic heterocycles. The Balaban J connectivity index is 2.54. The molecule has 0 aliphatic heterocycles. The van der Waals surface area contributed by atoms with Crippen LogP contribution in [0, 0.1) is 10.1 Å². The van der Waals surface area contributed by atoms with Gasteiger partial charge in [-0.25, -0.2) is 4.40 Å². The van der Waals surface area contributed by atoms with Crippen LogP contribution in [0.25, 0.3) is 0 Å². The monoisotopic (exact) mass is 309 g/mol. The highest BCUT2D eigenvalue weighted by atomic mass is 32.2. The first-order valence-corrected chi connectivity index (χ1v) is 7.21. The highest BCUT2D eigenvalue weighted by molar-refractivity contribution is 7.99. The number of rotatable bonds is 5. The third-order valence-corrected chi connectivity index (χ3v) is 3.30. The highest BCUT2D eigenvalue weighted by Crippen LogP contribution is 2.24. The minimum absolute atomic E-state index is 0.0318. The van der Waals surface area contributed by atoms with Crippen molar-refractivity contribution in [1.29, 1.82) is 0 Å². The Morgan fingerprint density at radius 2 is 1.90 bits per heavy atom. The summed E-state index contributed by atoms with van der Waals surface area (Å²) in [5.41, 5.74) is 1.23. The van der Waals surface area contributed by atoms with Crippen LogP contribution in [0.5, 0.6) is 0 Å². The van der Waals surface area contributed by atoms with Gasteiger partial charge in [0.15, 0.2) is 0 Å². The SMILES string of the molecule is C/C(=N\SC(C)(C)C)C(=O)NCc1ccc([N+](=O)[O-])cc1. The van der Waals surface area contributed by atoms with E-state index in [1.54, 1.807) is 19.1 Å². The summed E-state index contributed by atoms with van der Waals surface area (Å²) < 4.78 is 4.14. The van der Waals surface area contributed by atoms with Gasteiger partial charge in [-0.3, -0.25) is 14.9 Å². The number of nitrogens with zero attached hydrogens (tertiary/aromatic N) is 2. The van der Waals surface area contributed by atoms with Gasteiger partial charge in [-0.05, 0) is 45.2 Å². The summed E-state index contributed by atoms with van der Waals surface area (Å²) in [6.07, 6.45) is 0. The van der Waals surface area contributed by atoms with Crippen LogP contribution in [-0.4, -0.2) is 21.3 Å². The Morgan fingerprint density at radius 3 is 2.38 bits per heavy atom. The second kappa shape index (κ2) is 7.21. The number of hydrogen-bond donors (Lipinski definition) is 1. The van der Waals surface area contributed by atoms with Crippen LogP contribution in [0.15, 0.2) is 28.7 Å². The first-order valence-electron chi connectivity index (χ1n) is 6.43. The Labute approximate surface area is 128 Å². The molecule has 0 aliphatic carbocycles. The fourth-order valence-corrected chi connectivity index (χ4v) is 1.79. The van der Waals surface area contributed by atoms with Crippen LogP contribution in [0.4, 0.5) is 5.69 Å². The zero-order chi connectivity index (χ0) is 16.0. The van der Waals surface area contributed by atoms with Crippen LogP contribution in [0.1, 0.15) is 33.3 Å². The zero-order valence-electron chi connectivity index (χ0n) is 12.5. The lowest BCUT2D eigenvalue weighted by Crippen LogP contribution is -2.28. The second-order valence-electron chi connectivity index (χ2n) is 5.49. The molecule has 1 amide bonds. The summed E-state index contributed by atoms with van der Waals surface area (Å²) in [7, 11) is 0. The smallest absolute Gasteiger partial charge is 0.269 e. The van der Waals surface area contributed by atoms with Crippen molar-refractivity contribution in [2.75, 3.05) is 0 Å². The van der Waals surface area contributed by atoms with Crippen molar-refractivity contribution < 1.29 is 9.72 Å². The van der Waals surface area contributed by atoms with Crippen molar-refractivity contribution in [2.24, 2.45) is 4.40 Å². The van der Waals surface area contributed by atoms with E-state index in [4.69, 9.17) is 0 Å². The van der Waals surface area contributed by atoms with Crippen LogP contribution in [0.2, 0.25) is 0 Å². The molecule has 1 rings (SSSR count). The molecular formula is C14H19N3O3S. The van der Waals surface area contributed by atoms with Gasteiger partial charge in [0.25, 0.3) is 11.6 Å². The number of carbonyl (C=O) groups excluding carboxylic acids is 1. The molecule has 21 heavy (non-hydrogen) atoms. The molecule has 1 N–H and O–H groups in total. The quantitative estimate of drug-likeness (QED) is 0.392. The maximum Gasteiger partial charge on any atom is 0.269 e. The minimum atomic E-state index is -0.455. The second-order valence-corrected chi connectivity index (χ2v) is 7.08. The predicted molar refractivity (Wildman–Crippen MR) is 85.4 cm³/mol. The molecule has 0 saturated carbocycles. The molecule has 0 spiro atoms. The zero-order valence-corrected chi connectivity index (χ0v) is 13.4. The molecule has 7 heteroatoms. The summed E-state index contributed by atoms with van der Waals surface area (Å²) >= 11 is 1.35. The number of nitro groups is 1. The fourth-order valence-electron chi connectivity index (χ4n) is 1.29. The van der Waals surface area contributed by atoms with Crippen molar-refractivity contribution >= 4 is 29.3 Å². The van der Waals surface area contributed by atoms with Gasteiger partial charge in [0.1, 0.15) is 5.71 Å². The van der Waals surface area contributed by atoms with Crippen molar-refractivity contribution in [3.05, 3.63) is 39.9 Å². The molecule has 0 bridgehead atoms. The summed E-state index contributed by atoms with van der Waals surface area (Å²) in [5.74, 6) is -0.245. The molecule has 0 atom stereocenters. The first-order chi connectivity index (χ1) is 9.69. The van der Waals surface area contributed by atoms with E-state index in [1.165, 1.54) is 24.1 Å². The molecule has 0 radical (unpaired) electrons. The molecular weight excluding hydrogens is 290 g/mol.